The second kappa shape index (κ2) is 10.8. The number of aromatic nitrogens is 2. The van der Waals surface area contributed by atoms with Crippen LogP contribution in [0.2, 0.25) is 0 Å². The van der Waals surface area contributed by atoms with Gasteiger partial charge in [-0.15, -0.1) is 53.6 Å². The zero-order valence-electron chi connectivity index (χ0n) is 31.0. The van der Waals surface area contributed by atoms with E-state index in [-0.39, 0.29) is 72.5 Å². The average molecular weight is 646 g/mol. The first-order valence-electron chi connectivity index (χ1n) is 16.7. The van der Waals surface area contributed by atoms with E-state index in [9.17, 15) is 0 Å². The normalized spacial score (nSPS) is 17.0. The molecule has 3 aromatic heterocycles. The van der Waals surface area contributed by atoms with Crippen LogP contribution in [0.5, 0.6) is 0 Å². The van der Waals surface area contributed by atoms with Gasteiger partial charge in [0.1, 0.15) is 5.58 Å². The van der Waals surface area contributed by atoms with Gasteiger partial charge in [0.2, 0.25) is 0 Å². The van der Waals surface area contributed by atoms with E-state index in [2.05, 4.69) is 22.1 Å². The summed E-state index contributed by atoms with van der Waals surface area (Å²) in [5.41, 5.74) is 1.87. The number of rotatable bonds is 2. The Morgan fingerprint density at radius 1 is 0.886 bits per heavy atom. The largest absolute Gasteiger partial charge is 0.501 e. The number of benzene rings is 3. The fourth-order valence-corrected chi connectivity index (χ4v) is 3.40. The van der Waals surface area contributed by atoms with Crippen LogP contribution in [0.3, 0.4) is 0 Å². The smallest absolute Gasteiger partial charge is 0.120 e. The molecular formula is C31H24IrN2O-2. The summed E-state index contributed by atoms with van der Waals surface area (Å²) in [5, 5.41) is 1.81. The Morgan fingerprint density at radius 2 is 1.80 bits per heavy atom. The van der Waals surface area contributed by atoms with Gasteiger partial charge in [0.05, 0.1) is 11.1 Å². The second-order valence-corrected chi connectivity index (χ2v) is 7.25. The van der Waals surface area contributed by atoms with Crippen molar-refractivity contribution in [3.63, 3.8) is 0 Å². The van der Waals surface area contributed by atoms with Crippen LogP contribution in [0.1, 0.15) is 34.5 Å². The van der Waals surface area contributed by atoms with Crippen LogP contribution in [0.15, 0.2) is 95.6 Å². The van der Waals surface area contributed by atoms with Crippen LogP contribution in [0.25, 0.3) is 44.5 Å². The van der Waals surface area contributed by atoms with Gasteiger partial charge in [-0.2, -0.15) is 0 Å². The molecule has 0 N–H and O–H groups in total. The van der Waals surface area contributed by atoms with E-state index < -0.39 is 20.6 Å². The van der Waals surface area contributed by atoms with E-state index in [0.717, 1.165) is 17.0 Å². The molecule has 3 aromatic carbocycles. The molecular weight excluding hydrogens is 609 g/mol. The standard InChI is InChI=1S/C17H10NO.C14H14N.Ir/c1-2-10-16-12(6-1)13-7-5-8-14(17(13)19-16)15-9-3-4-11-18-15;1-10-4-6-13(7-5-10)14-8-11(2)12(3)9-15-14;/h1-7,9-11H;4-6,8-9H,1-3H3;/q2*-1;/i3D,4D,9D,11D;1D3,2D3,3D3;. The molecule has 1 radical (unpaired) electrons. The summed E-state index contributed by atoms with van der Waals surface area (Å²) in [4.78, 5) is 8.00. The Bertz CT molecular complexity index is 2100. The molecule has 0 atom stereocenters. The van der Waals surface area contributed by atoms with Crippen molar-refractivity contribution < 1.29 is 42.3 Å². The van der Waals surface area contributed by atoms with Crippen LogP contribution in [0.4, 0.5) is 0 Å². The minimum Gasteiger partial charge on any atom is -0.501 e. The number of furan rings is 1. The van der Waals surface area contributed by atoms with Gasteiger partial charge in [-0.3, -0.25) is 0 Å². The van der Waals surface area contributed by atoms with Crippen LogP contribution < -0.4 is 0 Å². The summed E-state index contributed by atoms with van der Waals surface area (Å²) in [6, 6.07) is 21.4. The van der Waals surface area contributed by atoms with E-state index in [0.29, 0.717) is 22.3 Å². The summed E-state index contributed by atoms with van der Waals surface area (Å²) >= 11 is 0. The topological polar surface area (TPSA) is 38.9 Å². The van der Waals surface area contributed by atoms with E-state index >= 15 is 0 Å². The molecule has 3 nitrogen and oxygen atoms in total. The molecule has 6 aromatic rings. The minimum atomic E-state index is -2.61. The van der Waals surface area contributed by atoms with Crippen LogP contribution in [-0.4, -0.2) is 9.97 Å². The van der Waals surface area contributed by atoms with Crippen molar-refractivity contribution in [2.75, 3.05) is 0 Å². The van der Waals surface area contributed by atoms with Gasteiger partial charge in [-0.05, 0) is 42.8 Å². The molecule has 0 saturated carbocycles. The zero-order valence-corrected chi connectivity index (χ0v) is 20.4. The van der Waals surface area contributed by atoms with Gasteiger partial charge in [0.25, 0.3) is 0 Å². The number of hydrogen-bond donors (Lipinski definition) is 0. The first kappa shape index (κ1) is 12.9. The Balaban J connectivity index is 0.000000212. The second-order valence-electron chi connectivity index (χ2n) is 7.25. The van der Waals surface area contributed by atoms with Gasteiger partial charge in [-0.25, -0.2) is 0 Å². The zero-order chi connectivity index (χ0) is 34.5. The molecule has 3 heterocycles. The van der Waals surface area contributed by atoms with Crippen molar-refractivity contribution in [2.45, 2.75) is 20.6 Å². The molecule has 0 aliphatic carbocycles. The molecule has 4 heteroatoms. The minimum absolute atomic E-state index is 0. The monoisotopic (exact) mass is 646 g/mol. The fourth-order valence-electron chi connectivity index (χ4n) is 3.40. The fraction of sp³-hybridized carbons (Fsp3) is 0.0968. The summed E-state index contributed by atoms with van der Waals surface area (Å²) in [5.74, 6) is 0. The summed E-state index contributed by atoms with van der Waals surface area (Å²) in [6.07, 6.45) is 0.692. The molecule has 35 heavy (non-hydrogen) atoms. The Hall–Kier alpha value is -3.59. The number of hydrogen-bond acceptors (Lipinski definition) is 3. The third kappa shape index (κ3) is 5.24. The van der Waals surface area contributed by atoms with Gasteiger partial charge >= 0.3 is 0 Å². The molecule has 0 bridgehead atoms. The summed E-state index contributed by atoms with van der Waals surface area (Å²) in [6.45, 7) is -7.47. The first-order chi connectivity index (χ1) is 21.9. The van der Waals surface area contributed by atoms with Crippen molar-refractivity contribution in [3.8, 4) is 22.5 Å². The molecule has 6 rings (SSSR count). The SMILES string of the molecule is [2H]C([2H])([2H])c1c[c-]c(-c2cc(C([2H])([2H])[2H])c(C([2H])([2H])[2H])cn2)cc1.[2H]c1nc(-c2[c-]ccc3c2oc2ccccc23)c([2H])c([2H])c1[2H].[Ir]. The van der Waals surface area contributed by atoms with Crippen LogP contribution in [0, 0.1) is 32.7 Å². The summed E-state index contributed by atoms with van der Waals surface area (Å²) in [7, 11) is 0. The van der Waals surface area contributed by atoms with Gasteiger partial charge < -0.3 is 14.4 Å². The quantitative estimate of drug-likeness (QED) is 0.180. The average Bonchev–Trinajstić information content (AvgIpc) is 3.40. The van der Waals surface area contributed by atoms with Gasteiger partial charge in [-0.1, -0.05) is 59.7 Å². The van der Waals surface area contributed by atoms with Crippen LogP contribution in [-0.2, 0) is 20.1 Å². The van der Waals surface area contributed by atoms with E-state index in [1.54, 1.807) is 6.07 Å². The summed E-state index contributed by atoms with van der Waals surface area (Å²) < 4.78 is 104. The number of nitrogens with zero attached hydrogens (tertiary/aromatic N) is 2. The molecule has 0 aliphatic heterocycles. The van der Waals surface area contributed by atoms with E-state index in [1.165, 1.54) is 24.3 Å². The molecule has 0 aliphatic rings. The van der Waals surface area contributed by atoms with Crippen molar-refractivity contribution in [1.29, 1.82) is 0 Å². The Morgan fingerprint density at radius 3 is 2.63 bits per heavy atom. The number of fused-ring (bicyclic) bond motifs is 3. The maximum atomic E-state index is 8.07. The first-order valence-corrected chi connectivity index (χ1v) is 10.2. The van der Waals surface area contributed by atoms with Crippen molar-refractivity contribution in [2.24, 2.45) is 0 Å². The molecule has 0 saturated heterocycles. The Kier molecular flexibility index (Phi) is 3.98. The maximum absolute atomic E-state index is 8.07. The van der Waals surface area contributed by atoms with Gasteiger partial charge in [0.15, 0.2) is 0 Å². The molecule has 175 valence electrons. The predicted molar refractivity (Wildman–Crippen MR) is 139 cm³/mol. The maximum Gasteiger partial charge on any atom is 0.120 e. The van der Waals surface area contributed by atoms with E-state index in [4.69, 9.17) is 22.2 Å². The van der Waals surface area contributed by atoms with E-state index in [1.807, 2.05) is 30.3 Å². The third-order valence-electron chi connectivity index (χ3n) is 5.04. The Labute approximate surface area is 237 Å². The number of aryl methyl sites for hydroxylation is 3. The predicted octanol–water partition coefficient (Wildman–Crippen LogP) is 7.92. The molecule has 0 amide bonds. The molecule has 0 spiro atoms. The third-order valence-corrected chi connectivity index (χ3v) is 5.04. The van der Waals surface area contributed by atoms with Gasteiger partial charge in [0, 0.05) is 50.2 Å². The van der Waals surface area contributed by atoms with Crippen molar-refractivity contribution in [1.82, 2.24) is 9.97 Å². The number of pyridine rings is 2. The van der Waals surface area contributed by atoms with Crippen LogP contribution >= 0.6 is 0 Å². The van der Waals surface area contributed by atoms with Crippen molar-refractivity contribution >= 4 is 21.9 Å². The molecule has 0 unspecified atom stereocenters. The molecule has 0 fully saturated rings. The van der Waals surface area contributed by atoms with Crippen molar-refractivity contribution in [3.05, 3.63) is 120 Å². The number of para-hydroxylation sites is 1.